The Kier molecular flexibility index (Phi) is 9.48. The molecule has 174 valence electrons. The number of amides is 2. The van der Waals surface area contributed by atoms with Crippen molar-refractivity contribution >= 4 is 21.8 Å². The summed E-state index contributed by atoms with van der Waals surface area (Å²) in [5, 5.41) is 0. The predicted molar refractivity (Wildman–Crippen MR) is 120 cm³/mol. The van der Waals surface area contributed by atoms with E-state index in [1.807, 2.05) is 26.0 Å². The second kappa shape index (κ2) is 12.1. The summed E-state index contributed by atoms with van der Waals surface area (Å²) >= 11 is 0. The zero-order chi connectivity index (χ0) is 23.6. The molecule has 0 saturated heterocycles. The summed E-state index contributed by atoms with van der Waals surface area (Å²) in [6.45, 7) is 4.11. The van der Waals surface area contributed by atoms with Crippen LogP contribution < -0.4 is 20.3 Å². The third kappa shape index (κ3) is 7.54. The largest absolute Gasteiger partial charge is 0.490 e. The van der Waals surface area contributed by atoms with E-state index < -0.39 is 28.4 Å². The lowest BCUT2D eigenvalue weighted by Gasteiger charge is -2.17. The van der Waals surface area contributed by atoms with Crippen LogP contribution in [0.3, 0.4) is 0 Å². The molecule has 10 heteroatoms. The predicted octanol–water partition coefficient (Wildman–Crippen LogP) is 2.02. The first-order valence-corrected chi connectivity index (χ1v) is 11.6. The van der Waals surface area contributed by atoms with Gasteiger partial charge in [-0.3, -0.25) is 20.4 Å². The molecule has 0 heterocycles. The lowest BCUT2D eigenvalue weighted by Crippen LogP contribution is -2.46. The molecule has 0 atom stereocenters. The van der Waals surface area contributed by atoms with Crippen LogP contribution in [0.4, 0.5) is 0 Å². The van der Waals surface area contributed by atoms with Gasteiger partial charge in [0.25, 0.3) is 5.91 Å². The van der Waals surface area contributed by atoms with E-state index >= 15 is 0 Å². The van der Waals surface area contributed by atoms with Gasteiger partial charge < -0.3 is 9.47 Å². The van der Waals surface area contributed by atoms with Crippen molar-refractivity contribution in [1.82, 2.24) is 15.2 Å². The molecule has 32 heavy (non-hydrogen) atoms. The van der Waals surface area contributed by atoms with Crippen LogP contribution in [-0.4, -0.2) is 51.3 Å². The lowest BCUT2D eigenvalue weighted by atomic mass is 10.2. The summed E-state index contributed by atoms with van der Waals surface area (Å²) in [6, 6.07) is 13.6. The van der Waals surface area contributed by atoms with E-state index in [9.17, 15) is 18.0 Å². The van der Waals surface area contributed by atoms with E-state index in [0.717, 1.165) is 9.87 Å². The molecule has 9 nitrogen and oxygen atoms in total. The van der Waals surface area contributed by atoms with Crippen molar-refractivity contribution in [3.63, 3.8) is 0 Å². The molecule has 2 aromatic carbocycles. The Bertz CT molecular complexity index is 1010. The number of benzene rings is 2. The van der Waals surface area contributed by atoms with Gasteiger partial charge in [0.15, 0.2) is 11.5 Å². The Hall–Kier alpha value is -3.11. The van der Waals surface area contributed by atoms with Gasteiger partial charge >= 0.3 is 0 Å². The molecule has 0 bridgehead atoms. The number of aryl methyl sites for hydroxylation is 1. The molecule has 0 aromatic heterocycles. The molecule has 0 unspecified atom stereocenters. The number of para-hydroxylation sites is 2. The van der Waals surface area contributed by atoms with Gasteiger partial charge in [0, 0.05) is 13.5 Å². The van der Waals surface area contributed by atoms with Crippen molar-refractivity contribution in [2.75, 3.05) is 26.8 Å². The highest BCUT2D eigenvalue weighted by atomic mass is 32.2. The van der Waals surface area contributed by atoms with Crippen LogP contribution >= 0.6 is 0 Å². The number of sulfonamides is 1. The standard InChI is InChI=1S/C22H29N3O6S/c1-4-30-19-8-5-6-9-20(19)31-15-7-10-21(26)23-24-22(27)16-25(3)32(28,29)18-13-11-17(2)12-14-18/h5-6,8-9,11-14H,4,7,10,15-16H2,1-3H3,(H,23,26)(H,24,27). The summed E-state index contributed by atoms with van der Waals surface area (Å²) in [6.07, 6.45) is 0.540. The first kappa shape index (κ1) is 25.2. The molecular formula is C22H29N3O6S. The van der Waals surface area contributed by atoms with Crippen LogP contribution in [-0.2, 0) is 19.6 Å². The fourth-order valence-corrected chi connectivity index (χ4v) is 3.80. The molecular weight excluding hydrogens is 434 g/mol. The molecule has 0 radical (unpaired) electrons. The van der Waals surface area contributed by atoms with Gasteiger partial charge in [0.1, 0.15) is 0 Å². The van der Waals surface area contributed by atoms with E-state index in [0.29, 0.717) is 31.1 Å². The Morgan fingerprint density at radius 2 is 1.53 bits per heavy atom. The van der Waals surface area contributed by atoms with E-state index in [2.05, 4.69) is 10.9 Å². The van der Waals surface area contributed by atoms with Crippen molar-refractivity contribution in [1.29, 1.82) is 0 Å². The van der Waals surface area contributed by atoms with Gasteiger partial charge in [-0.05, 0) is 44.5 Å². The number of carbonyl (C=O) groups excluding carboxylic acids is 2. The van der Waals surface area contributed by atoms with Gasteiger partial charge in [-0.25, -0.2) is 8.42 Å². The first-order chi connectivity index (χ1) is 15.2. The molecule has 0 saturated carbocycles. The molecule has 0 spiro atoms. The Labute approximate surface area is 188 Å². The maximum atomic E-state index is 12.5. The number of likely N-dealkylation sites (N-methyl/N-ethyl adjacent to an activating group) is 1. The van der Waals surface area contributed by atoms with E-state index in [1.54, 1.807) is 24.3 Å². The molecule has 0 aliphatic heterocycles. The van der Waals surface area contributed by atoms with Crippen LogP contribution in [0, 0.1) is 6.92 Å². The zero-order valence-electron chi connectivity index (χ0n) is 18.5. The third-order valence-electron chi connectivity index (χ3n) is 4.39. The molecule has 2 N–H and O–H groups in total. The smallest absolute Gasteiger partial charge is 0.253 e. The van der Waals surface area contributed by atoms with Crippen LogP contribution in [0.2, 0.25) is 0 Å². The highest BCUT2D eigenvalue weighted by molar-refractivity contribution is 7.89. The number of carbonyl (C=O) groups is 2. The van der Waals surface area contributed by atoms with Crippen molar-refractivity contribution in [3.8, 4) is 11.5 Å². The van der Waals surface area contributed by atoms with E-state index in [-0.39, 0.29) is 11.3 Å². The number of nitrogens with one attached hydrogen (secondary N) is 2. The molecule has 2 aromatic rings. The minimum Gasteiger partial charge on any atom is -0.490 e. The van der Waals surface area contributed by atoms with Gasteiger partial charge in [-0.2, -0.15) is 4.31 Å². The van der Waals surface area contributed by atoms with E-state index in [1.165, 1.54) is 19.2 Å². The summed E-state index contributed by atoms with van der Waals surface area (Å²) in [7, 11) is -2.51. The molecule has 2 rings (SSSR count). The monoisotopic (exact) mass is 463 g/mol. The van der Waals surface area contributed by atoms with Gasteiger partial charge in [0.2, 0.25) is 15.9 Å². The van der Waals surface area contributed by atoms with Crippen molar-refractivity contribution in [3.05, 3.63) is 54.1 Å². The molecule has 0 aliphatic carbocycles. The van der Waals surface area contributed by atoms with Gasteiger partial charge in [-0.15, -0.1) is 0 Å². The quantitative estimate of drug-likeness (QED) is 0.389. The SMILES string of the molecule is CCOc1ccccc1OCCCC(=O)NNC(=O)CN(C)S(=O)(=O)c1ccc(C)cc1. The topological polar surface area (TPSA) is 114 Å². The maximum absolute atomic E-state index is 12.5. The number of nitrogens with zero attached hydrogens (tertiary/aromatic N) is 1. The Morgan fingerprint density at radius 3 is 2.16 bits per heavy atom. The fraction of sp³-hybridized carbons (Fsp3) is 0.364. The summed E-state index contributed by atoms with van der Waals surface area (Å²) in [5.41, 5.74) is 5.43. The highest BCUT2D eigenvalue weighted by Gasteiger charge is 2.22. The van der Waals surface area contributed by atoms with Crippen LogP contribution in [0.15, 0.2) is 53.4 Å². The average molecular weight is 464 g/mol. The Balaban J connectivity index is 1.71. The number of ether oxygens (including phenoxy) is 2. The second-order valence-corrected chi connectivity index (χ2v) is 9.05. The van der Waals surface area contributed by atoms with Crippen LogP contribution in [0.1, 0.15) is 25.3 Å². The normalized spacial score (nSPS) is 11.1. The molecule has 0 aliphatic rings. The second-order valence-electron chi connectivity index (χ2n) is 7.00. The van der Waals surface area contributed by atoms with E-state index in [4.69, 9.17) is 9.47 Å². The number of rotatable bonds is 11. The first-order valence-electron chi connectivity index (χ1n) is 10.2. The number of hydrogen-bond donors (Lipinski definition) is 2. The van der Waals surface area contributed by atoms with Crippen LogP contribution in [0.5, 0.6) is 11.5 Å². The van der Waals surface area contributed by atoms with Crippen molar-refractivity contribution in [2.45, 2.75) is 31.6 Å². The molecule has 2 amide bonds. The number of hydrazine groups is 1. The lowest BCUT2D eigenvalue weighted by molar-refractivity contribution is -0.129. The average Bonchev–Trinajstić information content (AvgIpc) is 2.76. The zero-order valence-corrected chi connectivity index (χ0v) is 19.3. The summed E-state index contributed by atoms with van der Waals surface area (Å²) in [4.78, 5) is 24.1. The van der Waals surface area contributed by atoms with Crippen molar-refractivity contribution < 1.29 is 27.5 Å². The van der Waals surface area contributed by atoms with Gasteiger partial charge in [0.05, 0.1) is 24.7 Å². The maximum Gasteiger partial charge on any atom is 0.253 e. The molecule has 0 fully saturated rings. The summed E-state index contributed by atoms with van der Waals surface area (Å²) < 4.78 is 37.0. The minimum absolute atomic E-state index is 0.0911. The Morgan fingerprint density at radius 1 is 0.938 bits per heavy atom. The third-order valence-corrected chi connectivity index (χ3v) is 6.21. The number of hydrogen-bond acceptors (Lipinski definition) is 6. The fourth-order valence-electron chi connectivity index (χ4n) is 2.68. The van der Waals surface area contributed by atoms with Crippen molar-refractivity contribution in [2.24, 2.45) is 0 Å². The van der Waals surface area contributed by atoms with Crippen LogP contribution in [0.25, 0.3) is 0 Å². The summed E-state index contributed by atoms with van der Waals surface area (Å²) in [5.74, 6) is 0.167. The minimum atomic E-state index is -3.81. The van der Waals surface area contributed by atoms with Gasteiger partial charge in [-0.1, -0.05) is 29.8 Å². The highest BCUT2D eigenvalue weighted by Crippen LogP contribution is 2.26.